The number of carbonyl (C=O) groups excluding carboxylic acids is 1. The minimum atomic E-state index is -3.07. The highest BCUT2D eigenvalue weighted by Crippen LogP contribution is 2.37. The molecule has 2 rings (SSSR count). The van der Waals surface area contributed by atoms with Crippen LogP contribution in [0.1, 0.15) is 49.1 Å². The molecule has 9 heteroatoms. The third-order valence-corrected chi connectivity index (χ3v) is 3.67. The molecule has 1 heterocycles. The first-order valence-corrected chi connectivity index (χ1v) is 7.05. The van der Waals surface area contributed by atoms with Gasteiger partial charge in [-0.25, -0.2) is 27.2 Å². The van der Waals surface area contributed by atoms with Crippen molar-refractivity contribution in [2.45, 2.75) is 57.4 Å². The lowest BCUT2D eigenvalue weighted by Gasteiger charge is -2.27. The van der Waals surface area contributed by atoms with Gasteiger partial charge in [-0.3, -0.25) is 4.79 Å². The maximum absolute atomic E-state index is 13.1. The summed E-state index contributed by atoms with van der Waals surface area (Å²) in [4.78, 5) is 15.1. The fourth-order valence-corrected chi connectivity index (χ4v) is 2.59. The lowest BCUT2D eigenvalue weighted by Crippen LogP contribution is -2.26. The van der Waals surface area contributed by atoms with Gasteiger partial charge < -0.3 is 5.73 Å². The molecule has 1 fully saturated rings. The van der Waals surface area contributed by atoms with Gasteiger partial charge in [-0.2, -0.15) is 5.10 Å². The first-order chi connectivity index (χ1) is 10.1. The monoisotopic (exact) mass is 322 g/mol. The average molecular weight is 322 g/mol. The maximum Gasteiger partial charge on any atom is 0.286 e. The van der Waals surface area contributed by atoms with Crippen molar-refractivity contribution in [1.82, 2.24) is 14.8 Å². The Hall–Kier alpha value is -1.67. The summed E-state index contributed by atoms with van der Waals surface area (Å²) in [6.07, 6.45) is 0.510. The van der Waals surface area contributed by atoms with Gasteiger partial charge in [0.05, 0.1) is 0 Å². The van der Waals surface area contributed by atoms with E-state index >= 15 is 0 Å². The van der Waals surface area contributed by atoms with Crippen LogP contribution in [0.15, 0.2) is 0 Å². The number of nitrogens with zero attached hydrogens (tertiary/aromatic N) is 3. The first kappa shape index (κ1) is 16.7. The molecular weight excluding hydrogens is 304 g/mol. The Morgan fingerprint density at radius 2 is 2.00 bits per heavy atom. The van der Waals surface area contributed by atoms with E-state index in [4.69, 9.17) is 5.73 Å². The zero-order chi connectivity index (χ0) is 16.5. The molecule has 1 aliphatic carbocycles. The molecule has 0 unspecified atom stereocenters. The molecular formula is C13H18F4N4O. The van der Waals surface area contributed by atoms with E-state index in [1.54, 1.807) is 0 Å². The number of halogens is 4. The van der Waals surface area contributed by atoms with Crippen LogP contribution in [0, 0.1) is 5.92 Å². The number of carbonyl (C=O) groups is 1. The Kier molecular flexibility index (Phi) is 4.44. The summed E-state index contributed by atoms with van der Waals surface area (Å²) in [5.74, 6) is -6.84. The van der Waals surface area contributed by atoms with Gasteiger partial charge in [0.15, 0.2) is 5.82 Å². The largest absolute Gasteiger partial charge is 0.363 e. The molecule has 1 aromatic rings. The van der Waals surface area contributed by atoms with Crippen molar-refractivity contribution in [3.63, 3.8) is 0 Å². The molecule has 124 valence electrons. The van der Waals surface area contributed by atoms with Crippen LogP contribution in [0.4, 0.5) is 17.6 Å². The molecule has 0 aliphatic heterocycles. The van der Waals surface area contributed by atoms with Gasteiger partial charge in [-0.05, 0) is 18.8 Å². The molecule has 0 saturated heterocycles. The zero-order valence-electron chi connectivity index (χ0n) is 12.2. The number of alkyl halides is 4. The predicted octanol–water partition coefficient (Wildman–Crippen LogP) is 2.40. The summed E-state index contributed by atoms with van der Waals surface area (Å²) in [6.45, 7) is -0.108. The number of nitrogens with two attached hydrogens (primary N) is 1. The van der Waals surface area contributed by atoms with Crippen molar-refractivity contribution in [3.05, 3.63) is 11.6 Å². The van der Waals surface area contributed by atoms with Gasteiger partial charge in [0.25, 0.3) is 11.8 Å². The van der Waals surface area contributed by atoms with Gasteiger partial charge >= 0.3 is 0 Å². The van der Waals surface area contributed by atoms with Gasteiger partial charge in [-0.1, -0.05) is 0 Å². The van der Waals surface area contributed by atoms with E-state index in [-0.39, 0.29) is 36.8 Å². The molecule has 0 bridgehead atoms. The van der Waals surface area contributed by atoms with E-state index in [0.29, 0.717) is 19.8 Å². The summed E-state index contributed by atoms with van der Waals surface area (Å²) >= 11 is 0. The summed E-state index contributed by atoms with van der Waals surface area (Å²) in [5, 5.41) is 3.88. The molecule has 22 heavy (non-hydrogen) atoms. The second-order valence-corrected chi connectivity index (χ2v) is 5.95. The fourth-order valence-electron chi connectivity index (χ4n) is 2.59. The van der Waals surface area contributed by atoms with Gasteiger partial charge in [-0.15, -0.1) is 0 Å². The number of rotatable bonds is 5. The second-order valence-electron chi connectivity index (χ2n) is 5.95. The standard InChI is InChI=1S/C13H18F4N4O/c1-12(14,15)7-21-11(10(18)22)19-9(20-21)6-8-2-4-13(16,17)5-3-8/h8H,2-7H2,1H3,(H2,18,22). The van der Waals surface area contributed by atoms with E-state index in [2.05, 4.69) is 10.1 Å². The third kappa shape index (κ3) is 4.41. The van der Waals surface area contributed by atoms with Crippen LogP contribution >= 0.6 is 0 Å². The normalized spacial score (nSPS) is 19.3. The van der Waals surface area contributed by atoms with Crippen LogP contribution in [0.5, 0.6) is 0 Å². The van der Waals surface area contributed by atoms with E-state index in [1.807, 2.05) is 0 Å². The topological polar surface area (TPSA) is 73.8 Å². The second kappa shape index (κ2) is 5.85. The maximum atomic E-state index is 13.1. The van der Waals surface area contributed by atoms with Crippen LogP contribution in [0.2, 0.25) is 0 Å². The Balaban J connectivity index is 2.09. The van der Waals surface area contributed by atoms with Crippen LogP contribution in [0.25, 0.3) is 0 Å². The quantitative estimate of drug-likeness (QED) is 0.846. The fraction of sp³-hybridized carbons (Fsp3) is 0.769. The Morgan fingerprint density at radius 3 is 2.50 bits per heavy atom. The molecule has 0 radical (unpaired) electrons. The Morgan fingerprint density at radius 1 is 1.41 bits per heavy atom. The van der Waals surface area contributed by atoms with E-state index < -0.39 is 24.3 Å². The number of aromatic nitrogens is 3. The summed E-state index contributed by atoms with van der Waals surface area (Å²) in [5.41, 5.74) is 5.11. The number of hydrogen-bond donors (Lipinski definition) is 1. The van der Waals surface area contributed by atoms with Gasteiger partial charge in [0.2, 0.25) is 11.7 Å². The summed E-state index contributed by atoms with van der Waals surface area (Å²) in [7, 11) is 0. The van der Waals surface area contributed by atoms with E-state index in [9.17, 15) is 22.4 Å². The van der Waals surface area contributed by atoms with Crippen molar-refractivity contribution in [2.24, 2.45) is 11.7 Å². The molecule has 0 spiro atoms. The van der Waals surface area contributed by atoms with Crippen molar-refractivity contribution in [2.75, 3.05) is 0 Å². The molecule has 5 nitrogen and oxygen atoms in total. The summed E-state index contributed by atoms with van der Waals surface area (Å²) < 4.78 is 53.1. The Labute approximate surface area is 124 Å². The minimum absolute atomic E-state index is 0.0432. The minimum Gasteiger partial charge on any atom is -0.363 e. The molecule has 1 aromatic heterocycles. The van der Waals surface area contributed by atoms with Crippen LogP contribution < -0.4 is 5.73 Å². The third-order valence-electron chi connectivity index (χ3n) is 3.67. The van der Waals surface area contributed by atoms with Crippen LogP contribution in [0.3, 0.4) is 0 Å². The predicted molar refractivity (Wildman–Crippen MR) is 69.8 cm³/mol. The summed E-state index contributed by atoms with van der Waals surface area (Å²) in [6, 6.07) is 0. The highest BCUT2D eigenvalue weighted by Gasteiger charge is 2.35. The molecule has 2 N–H and O–H groups in total. The van der Waals surface area contributed by atoms with Crippen molar-refractivity contribution >= 4 is 5.91 Å². The van der Waals surface area contributed by atoms with E-state index in [0.717, 1.165) is 4.68 Å². The first-order valence-electron chi connectivity index (χ1n) is 7.05. The van der Waals surface area contributed by atoms with Crippen molar-refractivity contribution < 1.29 is 22.4 Å². The van der Waals surface area contributed by atoms with Crippen molar-refractivity contribution in [3.8, 4) is 0 Å². The number of amides is 1. The highest BCUT2D eigenvalue weighted by atomic mass is 19.3. The van der Waals surface area contributed by atoms with Gasteiger partial charge in [0.1, 0.15) is 6.54 Å². The lowest BCUT2D eigenvalue weighted by atomic mass is 9.85. The smallest absolute Gasteiger partial charge is 0.286 e. The van der Waals surface area contributed by atoms with Crippen LogP contribution in [-0.2, 0) is 13.0 Å². The molecule has 1 amide bonds. The number of primary amides is 1. The molecule has 1 saturated carbocycles. The van der Waals surface area contributed by atoms with Crippen LogP contribution in [-0.4, -0.2) is 32.5 Å². The molecule has 1 aliphatic rings. The SMILES string of the molecule is CC(F)(F)Cn1nc(CC2CCC(F)(F)CC2)nc1C(N)=O. The number of hydrogen-bond acceptors (Lipinski definition) is 3. The zero-order valence-corrected chi connectivity index (χ0v) is 12.2. The lowest BCUT2D eigenvalue weighted by molar-refractivity contribution is -0.0458. The van der Waals surface area contributed by atoms with Crippen molar-refractivity contribution in [1.29, 1.82) is 0 Å². The molecule has 0 atom stereocenters. The van der Waals surface area contributed by atoms with Gasteiger partial charge in [0, 0.05) is 26.2 Å². The average Bonchev–Trinajstić information content (AvgIpc) is 2.72. The Bertz CT molecular complexity index is 543. The molecule has 0 aromatic carbocycles. The highest BCUT2D eigenvalue weighted by molar-refractivity contribution is 5.89. The van der Waals surface area contributed by atoms with E-state index in [1.165, 1.54) is 0 Å².